The molecule has 4 heteroatoms. The van der Waals surface area contributed by atoms with E-state index < -0.39 is 0 Å². The normalized spacial score (nSPS) is 27.9. The van der Waals surface area contributed by atoms with Crippen LogP contribution in [0.15, 0.2) is 22.7 Å². The lowest BCUT2D eigenvalue weighted by Crippen LogP contribution is -2.29. The van der Waals surface area contributed by atoms with Crippen LogP contribution in [0.4, 0.5) is 4.39 Å². The van der Waals surface area contributed by atoms with Crippen molar-refractivity contribution in [2.75, 3.05) is 20.1 Å². The quantitative estimate of drug-likeness (QED) is 0.913. The fourth-order valence-electron chi connectivity index (χ4n) is 3.07. The Morgan fingerprint density at radius 3 is 2.84 bits per heavy atom. The van der Waals surface area contributed by atoms with Crippen LogP contribution in [0.3, 0.4) is 0 Å². The number of benzene rings is 1. The highest BCUT2D eigenvalue weighted by molar-refractivity contribution is 9.10. The Hall–Kier alpha value is -0.450. The molecule has 2 unspecified atom stereocenters. The van der Waals surface area contributed by atoms with Crippen LogP contribution in [0.5, 0.6) is 0 Å². The second-order valence-electron chi connectivity index (χ2n) is 5.83. The fourth-order valence-corrected chi connectivity index (χ4v) is 3.32. The lowest BCUT2D eigenvalue weighted by Gasteiger charge is -2.26. The van der Waals surface area contributed by atoms with E-state index in [1.807, 2.05) is 12.1 Å². The van der Waals surface area contributed by atoms with Crippen molar-refractivity contribution < 1.29 is 4.39 Å². The summed E-state index contributed by atoms with van der Waals surface area (Å²) in [4.78, 5) is 2.35. The monoisotopic (exact) mass is 326 g/mol. The summed E-state index contributed by atoms with van der Waals surface area (Å²) in [7, 11) is 2.14. The van der Waals surface area contributed by atoms with Crippen molar-refractivity contribution >= 4 is 15.9 Å². The smallest absolute Gasteiger partial charge is 0.137 e. The molecule has 1 aliphatic heterocycles. The lowest BCUT2D eigenvalue weighted by atomic mass is 9.93. The predicted molar refractivity (Wildman–Crippen MR) is 78.6 cm³/mol. The minimum atomic E-state index is -0.160. The molecule has 1 aromatic rings. The SMILES string of the molecule is CN1CCC(CNC2CC2)C1c1ccc(Br)c(F)c1. The van der Waals surface area contributed by atoms with E-state index in [0.717, 1.165) is 24.7 Å². The Labute approximate surface area is 122 Å². The topological polar surface area (TPSA) is 15.3 Å². The average molecular weight is 327 g/mol. The number of hydrogen-bond acceptors (Lipinski definition) is 2. The molecule has 2 atom stereocenters. The first-order valence-corrected chi connectivity index (χ1v) is 7.83. The van der Waals surface area contributed by atoms with Crippen molar-refractivity contribution in [2.24, 2.45) is 5.92 Å². The zero-order chi connectivity index (χ0) is 13.4. The maximum atomic E-state index is 13.7. The Bertz CT molecular complexity index is 461. The van der Waals surface area contributed by atoms with Crippen LogP contribution in [0.1, 0.15) is 30.9 Å². The molecule has 1 saturated carbocycles. The third-order valence-corrected chi connectivity index (χ3v) is 4.95. The number of halogens is 2. The molecule has 1 heterocycles. The van der Waals surface area contributed by atoms with E-state index in [4.69, 9.17) is 0 Å². The van der Waals surface area contributed by atoms with Crippen molar-refractivity contribution in [3.8, 4) is 0 Å². The van der Waals surface area contributed by atoms with Gasteiger partial charge in [-0.1, -0.05) is 6.07 Å². The van der Waals surface area contributed by atoms with E-state index in [0.29, 0.717) is 16.4 Å². The van der Waals surface area contributed by atoms with Gasteiger partial charge in [-0.2, -0.15) is 0 Å². The molecule has 2 fully saturated rings. The number of nitrogens with zero attached hydrogens (tertiary/aromatic N) is 1. The first-order valence-electron chi connectivity index (χ1n) is 7.03. The van der Waals surface area contributed by atoms with E-state index in [1.54, 1.807) is 6.07 Å². The van der Waals surface area contributed by atoms with Crippen LogP contribution in [-0.4, -0.2) is 31.1 Å². The molecule has 0 amide bonds. The van der Waals surface area contributed by atoms with Gasteiger partial charge in [-0.25, -0.2) is 4.39 Å². The van der Waals surface area contributed by atoms with Crippen molar-refractivity contribution in [1.82, 2.24) is 10.2 Å². The summed E-state index contributed by atoms with van der Waals surface area (Å²) in [6.45, 7) is 2.15. The fraction of sp³-hybridized carbons (Fsp3) is 0.600. The Morgan fingerprint density at radius 2 is 2.16 bits per heavy atom. The highest BCUT2D eigenvalue weighted by atomic mass is 79.9. The van der Waals surface area contributed by atoms with Crippen molar-refractivity contribution in [3.05, 3.63) is 34.1 Å². The molecule has 1 saturated heterocycles. The Morgan fingerprint density at radius 1 is 1.37 bits per heavy atom. The molecular weight excluding hydrogens is 307 g/mol. The van der Waals surface area contributed by atoms with Gasteiger partial charge in [-0.05, 0) is 72.4 Å². The van der Waals surface area contributed by atoms with Crippen molar-refractivity contribution in [2.45, 2.75) is 31.3 Å². The average Bonchev–Trinajstić information content (AvgIpc) is 3.14. The Balaban J connectivity index is 1.75. The minimum absolute atomic E-state index is 0.160. The summed E-state index contributed by atoms with van der Waals surface area (Å²) in [5, 5.41) is 3.62. The number of nitrogens with one attached hydrogen (secondary N) is 1. The van der Waals surface area contributed by atoms with Crippen molar-refractivity contribution in [1.29, 1.82) is 0 Å². The molecule has 1 N–H and O–H groups in total. The molecular formula is C15H20BrFN2. The summed E-state index contributed by atoms with van der Waals surface area (Å²) < 4.78 is 14.3. The van der Waals surface area contributed by atoms with E-state index in [1.165, 1.54) is 19.3 Å². The second-order valence-corrected chi connectivity index (χ2v) is 6.68. The molecule has 3 rings (SSSR count). The molecule has 0 bridgehead atoms. The molecule has 0 spiro atoms. The van der Waals surface area contributed by atoms with Gasteiger partial charge in [0.2, 0.25) is 0 Å². The van der Waals surface area contributed by atoms with Gasteiger partial charge in [-0.15, -0.1) is 0 Å². The van der Waals surface area contributed by atoms with E-state index in [2.05, 4.69) is 33.2 Å². The van der Waals surface area contributed by atoms with Gasteiger partial charge in [0.25, 0.3) is 0 Å². The molecule has 19 heavy (non-hydrogen) atoms. The molecule has 104 valence electrons. The first kappa shape index (κ1) is 13.5. The van der Waals surface area contributed by atoms with E-state index >= 15 is 0 Å². The molecule has 1 aromatic carbocycles. The summed E-state index contributed by atoms with van der Waals surface area (Å²) in [5.41, 5.74) is 1.10. The van der Waals surface area contributed by atoms with Gasteiger partial charge in [0.15, 0.2) is 0 Å². The van der Waals surface area contributed by atoms with Crippen LogP contribution < -0.4 is 5.32 Å². The second kappa shape index (κ2) is 5.51. The number of likely N-dealkylation sites (tertiary alicyclic amines) is 1. The van der Waals surface area contributed by atoms with E-state index in [9.17, 15) is 4.39 Å². The van der Waals surface area contributed by atoms with Gasteiger partial charge in [0.05, 0.1) is 4.47 Å². The largest absolute Gasteiger partial charge is 0.314 e. The highest BCUT2D eigenvalue weighted by Gasteiger charge is 2.34. The van der Waals surface area contributed by atoms with Crippen LogP contribution in [-0.2, 0) is 0 Å². The number of hydrogen-bond donors (Lipinski definition) is 1. The Kier molecular flexibility index (Phi) is 3.92. The van der Waals surface area contributed by atoms with Crippen molar-refractivity contribution in [3.63, 3.8) is 0 Å². The molecule has 1 aliphatic carbocycles. The zero-order valence-electron chi connectivity index (χ0n) is 11.2. The number of rotatable bonds is 4. The maximum absolute atomic E-state index is 13.7. The molecule has 0 radical (unpaired) electrons. The van der Waals surface area contributed by atoms with Gasteiger partial charge in [0.1, 0.15) is 5.82 Å². The summed E-state index contributed by atoms with van der Waals surface area (Å²) in [5.74, 6) is 0.429. The highest BCUT2D eigenvalue weighted by Crippen LogP contribution is 2.37. The third-order valence-electron chi connectivity index (χ3n) is 4.31. The van der Waals surface area contributed by atoms with Gasteiger partial charge in [-0.3, -0.25) is 4.90 Å². The van der Waals surface area contributed by atoms with Crippen LogP contribution in [0, 0.1) is 11.7 Å². The van der Waals surface area contributed by atoms with Gasteiger partial charge in [0, 0.05) is 18.6 Å². The van der Waals surface area contributed by atoms with Gasteiger partial charge < -0.3 is 5.32 Å². The summed E-state index contributed by atoms with van der Waals surface area (Å²) in [6, 6.07) is 6.63. The summed E-state index contributed by atoms with van der Waals surface area (Å²) >= 11 is 3.23. The summed E-state index contributed by atoms with van der Waals surface area (Å²) in [6.07, 6.45) is 3.83. The van der Waals surface area contributed by atoms with Crippen LogP contribution in [0.2, 0.25) is 0 Å². The molecule has 2 aliphatic rings. The van der Waals surface area contributed by atoms with E-state index in [-0.39, 0.29) is 5.82 Å². The van der Waals surface area contributed by atoms with Crippen LogP contribution in [0.25, 0.3) is 0 Å². The zero-order valence-corrected chi connectivity index (χ0v) is 12.8. The molecule has 0 aromatic heterocycles. The third kappa shape index (κ3) is 3.01. The van der Waals surface area contributed by atoms with Crippen LogP contribution >= 0.6 is 15.9 Å². The predicted octanol–water partition coefficient (Wildman–Crippen LogP) is 3.33. The maximum Gasteiger partial charge on any atom is 0.137 e. The standard InChI is InChI=1S/C15H20BrFN2/c1-19-7-6-11(9-18-12-3-4-12)15(19)10-2-5-13(16)14(17)8-10/h2,5,8,11-12,15,18H,3-4,6-7,9H2,1H3. The minimum Gasteiger partial charge on any atom is -0.314 e. The lowest BCUT2D eigenvalue weighted by molar-refractivity contribution is 0.271. The molecule has 2 nitrogen and oxygen atoms in total. The first-order chi connectivity index (χ1) is 9.15. The van der Waals surface area contributed by atoms with Gasteiger partial charge >= 0.3 is 0 Å².